The summed E-state index contributed by atoms with van der Waals surface area (Å²) in [6.07, 6.45) is 3.86. The molecule has 12 aromatic carbocycles. The van der Waals surface area contributed by atoms with Crippen molar-refractivity contribution in [2.24, 2.45) is 0 Å². The van der Waals surface area contributed by atoms with E-state index in [2.05, 4.69) is 87.7 Å². The number of nitrogens with zero attached hydrogens (tertiary/aromatic N) is 6. The molecule has 21 rings (SSSR count). The number of hydrogen-bond acceptors (Lipinski definition) is 6. The first-order valence-electron chi connectivity index (χ1n) is 33.5. The molecule has 0 amide bonds. The maximum Gasteiger partial charge on any atom is 3.00 e. The summed E-state index contributed by atoms with van der Waals surface area (Å²) in [5.74, 6) is -1.16. The maximum atomic E-state index is 15.3. The van der Waals surface area contributed by atoms with Gasteiger partial charge in [-0.15, -0.1) is 53.1 Å². The van der Waals surface area contributed by atoms with Gasteiger partial charge in [-0.3, -0.25) is 0 Å². The molecule has 9 aromatic heterocycles. The van der Waals surface area contributed by atoms with Crippen molar-refractivity contribution in [3.05, 3.63) is 326 Å². The van der Waals surface area contributed by atoms with E-state index in [0.717, 1.165) is 148 Å². The van der Waals surface area contributed by atoms with Crippen LogP contribution in [-0.4, -0.2) is 28.7 Å². The van der Waals surface area contributed by atoms with Gasteiger partial charge in [0, 0.05) is 48.5 Å². The number of halogens is 3. The Morgan fingerprint density at radius 2 is 0.505 bits per heavy atom. The molecular formula is C90H54F3IrN6O3. The molecule has 0 atom stereocenters. The summed E-state index contributed by atoms with van der Waals surface area (Å²) < 4.78 is 70.6. The Morgan fingerprint density at radius 1 is 0.291 bits per heavy atom. The normalized spacial score (nSPS) is 11.7. The predicted molar refractivity (Wildman–Crippen MR) is 404 cm³/mol. The number of hydrogen-bond donors (Lipinski definition) is 0. The van der Waals surface area contributed by atoms with Gasteiger partial charge < -0.3 is 41.9 Å². The molecule has 0 spiro atoms. The fraction of sp³-hybridized carbons (Fsp3) is 0.0333. The van der Waals surface area contributed by atoms with Gasteiger partial charge in [0.1, 0.15) is 16.7 Å². The quantitative estimate of drug-likeness (QED) is 0.154. The van der Waals surface area contributed by atoms with Gasteiger partial charge in [0.2, 0.25) is 0 Å². The number of fused-ring (bicyclic) bond motifs is 18. The van der Waals surface area contributed by atoms with Gasteiger partial charge in [0.25, 0.3) is 0 Å². The van der Waals surface area contributed by atoms with Crippen LogP contribution in [0.25, 0.3) is 182 Å². The second-order valence-electron chi connectivity index (χ2n) is 25.6. The molecule has 103 heavy (non-hydrogen) atoms. The molecule has 13 heteroatoms. The number of furan rings is 3. The molecule has 0 aliphatic rings. The van der Waals surface area contributed by atoms with E-state index in [1.165, 1.54) is 18.6 Å². The zero-order chi connectivity index (χ0) is 68.4. The zero-order valence-electron chi connectivity index (χ0n) is 55.4. The molecule has 0 unspecified atom stereocenters. The van der Waals surface area contributed by atoms with Crippen molar-refractivity contribution >= 4 is 131 Å². The summed E-state index contributed by atoms with van der Waals surface area (Å²) in [7, 11) is 0. The van der Waals surface area contributed by atoms with Crippen molar-refractivity contribution < 1.29 is 46.5 Å². The van der Waals surface area contributed by atoms with Gasteiger partial charge in [-0.05, 0) is 71.7 Å². The fourth-order valence-electron chi connectivity index (χ4n) is 15.1. The SMILES string of the molecule is Cc1c[c-]c(-c2cc(-n3c4ccccc4c4ccccc43)c(F)cn2)c2oc3ccccc3c12.Cc1c[c-]c(-c2cc(-n3c4ccccc4c4ccccc43)c(F)cn2)c2oc3ccccc3c12.Cc1c[c-]c(-c2cc(-n3c4ccccc4c4ccccc43)c(F)cn2)c2oc3ccccc3c12.[Ir+3]. The van der Waals surface area contributed by atoms with Crippen LogP contribution in [-0.2, 0) is 20.1 Å². The monoisotopic (exact) mass is 1520 g/mol. The van der Waals surface area contributed by atoms with Crippen LogP contribution in [0, 0.1) is 56.4 Å². The molecule has 0 saturated carbocycles. The van der Waals surface area contributed by atoms with Gasteiger partial charge in [0.05, 0.1) is 85.5 Å². The third kappa shape index (κ3) is 10.1. The van der Waals surface area contributed by atoms with Gasteiger partial charge in [0.15, 0.2) is 17.5 Å². The third-order valence-electron chi connectivity index (χ3n) is 19.7. The van der Waals surface area contributed by atoms with Crippen LogP contribution < -0.4 is 0 Å². The molecule has 21 aromatic rings. The number of aromatic nitrogens is 6. The van der Waals surface area contributed by atoms with E-state index in [1.807, 2.05) is 216 Å². The Labute approximate surface area is 599 Å². The van der Waals surface area contributed by atoms with Gasteiger partial charge in [-0.2, -0.15) is 0 Å². The summed E-state index contributed by atoms with van der Waals surface area (Å²) in [6.45, 7) is 6.14. The van der Waals surface area contributed by atoms with Crippen molar-refractivity contribution in [3.63, 3.8) is 0 Å². The Balaban J connectivity index is 0.000000110. The van der Waals surface area contributed by atoms with Crippen LogP contribution in [0.15, 0.2) is 287 Å². The van der Waals surface area contributed by atoms with Crippen molar-refractivity contribution in [1.29, 1.82) is 0 Å². The molecule has 0 aliphatic carbocycles. The number of benzene rings is 12. The van der Waals surface area contributed by atoms with E-state index in [-0.39, 0.29) is 37.6 Å². The molecule has 0 radical (unpaired) electrons. The molecular weight excluding hydrogens is 1460 g/mol. The molecule has 0 bridgehead atoms. The molecule has 0 saturated heterocycles. The molecule has 492 valence electrons. The van der Waals surface area contributed by atoms with Crippen LogP contribution in [0.4, 0.5) is 13.2 Å². The standard InChI is InChI=1S/3C30H18FN2O.Ir/c3*1-18-14-15-21(30-29(18)22-10-4-7-13-28(22)34-30)24-16-27(23(31)17-32-24)33-25-11-5-2-8-19(25)20-9-3-6-12-26(20)33;/h3*2-14,16-17H,1H3;/q3*-1;+3. The first-order valence-corrected chi connectivity index (χ1v) is 33.5. The third-order valence-corrected chi connectivity index (χ3v) is 19.7. The maximum absolute atomic E-state index is 15.3. The van der Waals surface area contributed by atoms with Crippen molar-refractivity contribution in [2.45, 2.75) is 20.8 Å². The number of pyridine rings is 3. The van der Waals surface area contributed by atoms with Crippen LogP contribution in [0.5, 0.6) is 0 Å². The fourth-order valence-corrected chi connectivity index (χ4v) is 15.1. The molecule has 9 heterocycles. The predicted octanol–water partition coefficient (Wildman–Crippen LogP) is 24.0. The Bertz CT molecular complexity index is 6190. The van der Waals surface area contributed by atoms with Gasteiger partial charge >= 0.3 is 20.1 Å². The van der Waals surface area contributed by atoms with E-state index in [1.54, 1.807) is 18.2 Å². The second kappa shape index (κ2) is 24.9. The summed E-state index contributed by atoms with van der Waals surface area (Å²) in [4.78, 5) is 13.3. The van der Waals surface area contributed by atoms with E-state index < -0.39 is 0 Å². The minimum atomic E-state index is -0.386. The van der Waals surface area contributed by atoms with E-state index in [9.17, 15) is 0 Å². The Morgan fingerprint density at radius 3 is 0.748 bits per heavy atom. The number of para-hydroxylation sites is 9. The summed E-state index contributed by atoms with van der Waals surface area (Å²) >= 11 is 0. The van der Waals surface area contributed by atoms with E-state index in [0.29, 0.717) is 50.9 Å². The largest absolute Gasteiger partial charge is 3.00 e. The van der Waals surface area contributed by atoms with E-state index in [4.69, 9.17) is 13.3 Å². The van der Waals surface area contributed by atoms with Crippen LogP contribution >= 0.6 is 0 Å². The summed E-state index contributed by atoms with van der Waals surface area (Å²) in [6, 6.07) is 93.6. The molecule has 0 fully saturated rings. The second-order valence-corrected chi connectivity index (χ2v) is 25.6. The first kappa shape index (κ1) is 62.6. The first-order chi connectivity index (χ1) is 50.1. The van der Waals surface area contributed by atoms with Crippen molar-refractivity contribution in [2.75, 3.05) is 0 Å². The average Bonchev–Trinajstić information content (AvgIpc) is 1.62. The summed E-state index contributed by atoms with van der Waals surface area (Å²) in [5, 5.41) is 12.7. The van der Waals surface area contributed by atoms with Crippen molar-refractivity contribution in [1.82, 2.24) is 28.7 Å². The number of rotatable bonds is 6. The Hall–Kier alpha value is -12.7. The zero-order valence-corrected chi connectivity index (χ0v) is 57.8. The van der Waals surface area contributed by atoms with Crippen LogP contribution in [0.3, 0.4) is 0 Å². The van der Waals surface area contributed by atoms with Gasteiger partial charge in [-0.1, -0.05) is 236 Å². The minimum absolute atomic E-state index is 0. The smallest absolute Gasteiger partial charge is 0.501 e. The van der Waals surface area contributed by atoms with Crippen molar-refractivity contribution in [3.8, 4) is 50.8 Å². The molecule has 9 nitrogen and oxygen atoms in total. The van der Waals surface area contributed by atoms with Crippen LogP contribution in [0.2, 0.25) is 0 Å². The number of aryl methyl sites for hydroxylation is 3. The topological polar surface area (TPSA) is 92.9 Å². The minimum Gasteiger partial charge on any atom is -0.501 e. The summed E-state index contributed by atoms with van der Waals surface area (Å²) in [5.41, 5.74) is 18.8. The van der Waals surface area contributed by atoms with E-state index >= 15 is 13.2 Å². The van der Waals surface area contributed by atoms with Gasteiger partial charge in [-0.25, -0.2) is 13.2 Å². The molecule has 0 aliphatic heterocycles. The Kier molecular flexibility index (Phi) is 15.1. The average molecular weight is 1520 g/mol. The van der Waals surface area contributed by atoms with Crippen LogP contribution in [0.1, 0.15) is 16.7 Å². The molecule has 0 N–H and O–H groups in total.